The molecule has 6 heteroatoms. The van der Waals surface area contributed by atoms with Crippen molar-refractivity contribution in [2.45, 2.75) is 32.2 Å². The number of likely N-dealkylation sites (tertiary alicyclic amines) is 1. The molecule has 0 N–H and O–H groups in total. The lowest BCUT2D eigenvalue weighted by atomic mass is 9.96. The summed E-state index contributed by atoms with van der Waals surface area (Å²) in [6.45, 7) is 3.47. The number of hydrogen-bond acceptors (Lipinski definition) is 4. The molecule has 0 radical (unpaired) electrons. The van der Waals surface area contributed by atoms with Crippen LogP contribution in [0.15, 0.2) is 24.5 Å². The molecular weight excluding hydrogens is 318 g/mol. The van der Waals surface area contributed by atoms with Crippen molar-refractivity contribution in [2.24, 2.45) is 11.8 Å². The van der Waals surface area contributed by atoms with Gasteiger partial charge in [-0.15, -0.1) is 0 Å². The van der Waals surface area contributed by atoms with Crippen LogP contribution in [0, 0.1) is 11.8 Å². The van der Waals surface area contributed by atoms with Crippen LogP contribution < -0.4 is 0 Å². The van der Waals surface area contributed by atoms with Gasteiger partial charge >= 0.3 is 0 Å². The molecule has 25 heavy (non-hydrogen) atoms. The molecule has 1 aromatic heterocycles. The maximum Gasteiger partial charge on any atom is 0.227 e. The summed E-state index contributed by atoms with van der Waals surface area (Å²) >= 11 is 0. The lowest BCUT2D eigenvalue weighted by Crippen LogP contribution is -2.36. The Bertz CT molecular complexity index is 587. The fourth-order valence-corrected chi connectivity index (χ4v) is 3.64. The summed E-state index contributed by atoms with van der Waals surface area (Å²) in [4.78, 5) is 32.6. The van der Waals surface area contributed by atoms with E-state index in [0.717, 1.165) is 44.6 Å². The first-order chi connectivity index (χ1) is 12.1. The molecule has 136 valence electrons. The van der Waals surface area contributed by atoms with E-state index in [0.29, 0.717) is 25.4 Å². The fraction of sp³-hybridized carbons (Fsp3) is 0.632. The van der Waals surface area contributed by atoms with Crippen molar-refractivity contribution in [3.05, 3.63) is 30.1 Å². The Labute approximate surface area is 149 Å². The van der Waals surface area contributed by atoms with Gasteiger partial charge in [-0.25, -0.2) is 0 Å². The zero-order valence-electron chi connectivity index (χ0n) is 14.9. The average molecular weight is 345 g/mol. The van der Waals surface area contributed by atoms with Crippen LogP contribution in [0.1, 0.15) is 31.2 Å². The number of carbonyl (C=O) groups excluding carboxylic acids is 2. The molecule has 1 atom stereocenters. The third kappa shape index (κ3) is 4.78. The molecule has 1 aromatic rings. The van der Waals surface area contributed by atoms with Crippen molar-refractivity contribution in [2.75, 3.05) is 33.4 Å². The van der Waals surface area contributed by atoms with Gasteiger partial charge in [-0.05, 0) is 36.8 Å². The van der Waals surface area contributed by atoms with Crippen LogP contribution in [0.4, 0.5) is 0 Å². The van der Waals surface area contributed by atoms with Crippen LogP contribution >= 0.6 is 0 Å². The zero-order valence-corrected chi connectivity index (χ0v) is 14.9. The van der Waals surface area contributed by atoms with Crippen LogP contribution in [0.3, 0.4) is 0 Å². The van der Waals surface area contributed by atoms with Crippen LogP contribution in [-0.4, -0.2) is 59.9 Å². The monoisotopic (exact) mass is 345 g/mol. The van der Waals surface area contributed by atoms with E-state index in [2.05, 4.69) is 4.98 Å². The lowest BCUT2D eigenvalue weighted by Gasteiger charge is -2.26. The maximum atomic E-state index is 12.7. The Hall–Kier alpha value is -1.95. The summed E-state index contributed by atoms with van der Waals surface area (Å²) in [6, 6.07) is 3.82. The molecule has 2 fully saturated rings. The standard InChI is InChI=1S/C19H27N3O3/c1-21(8-4-15-5-9-25-10-6-15)19(24)17-11-18(23)22(14-17)13-16-3-2-7-20-12-16/h2-3,7,12,15,17H,4-6,8-11,13-14H2,1H3. The molecule has 3 heterocycles. The number of hydrogen-bond donors (Lipinski definition) is 0. The van der Waals surface area contributed by atoms with E-state index >= 15 is 0 Å². The minimum atomic E-state index is -0.219. The van der Waals surface area contributed by atoms with Crippen LogP contribution in [0.5, 0.6) is 0 Å². The molecule has 2 saturated heterocycles. The molecule has 3 rings (SSSR count). The first kappa shape index (κ1) is 17.9. The van der Waals surface area contributed by atoms with Crippen LogP contribution in [0.25, 0.3) is 0 Å². The highest BCUT2D eigenvalue weighted by molar-refractivity contribution is 5.89. The SMILES string of the molecule is CN(CCC1CCOCC1)C(=O)C1CC(=O)N(Cc2cccnc2)C1. The summed E-state index contributed by atoms with van der Waals surface area (Å²) < 4.78 is 5.38. The normalized spacial score (nSPS) is 21.6. The quantitative estimate of drug-likeness (QED) is 0.787. The van der Waals surface area contributed by atoms with Crippen molar-refractivity contribution < 1.29 is 14.3 Å². The highest BCUT2D eigenvalue weighted by Crippen LogP contribution is 2.23. The number of ether oxygens (including phenoxy) is 1. The molecule has 0 saturated carbocycles. The molecule has 0 bridgehead atoms. The number of nitrogens with zero attached hydrogens (tertiary/aromatic N) is 3. The Morgan fingerprint density at radius 1 is 1.40 bits per heavy atom. The largest absolute Gasteiger partial charge is 0.381 e. The number of pyridine rings is 1. The Morgan fingerprint density at radius 3 is 2.92 bits per heavy atom. The summed E-state index contributed by atoms with van der Waals surface area (Å²) in [5.41, 5.74) is 0.997. The van der Waals surface area contributed by atoms with Crippen molar-refractivity contribution in [3.8, 4) is 0 Å². The number of aromatic nitrogens is 1. The van der Waals surface area contributed by atoms with E-state index in [1.54, 1.807) is 22.2 Å². The summed E-state index contributed by atoms with van der Waals surface area (Å²) in [5.74, 6) is 0.578. The van der Waals surface area contributed by atoms with E-state index < -0.39 is 0 Å². The molecular formula is C19H27N3O3. The summed E-state index contributed by atoms with van der Waals surface area (Å²) in [7, 11) is 1.86. The molecule has 0 aromatic carbocycles. The third-order valence-electron chi connectivity index (χ3n) is 5.25. The fourth-order valence-electron chi connectivity index (χ4n) is 3.64. The summed E-state index contributed by atoms with van der Waals surface area (Å²) in [5, 5.41) is 0. The van der Waals surface area contributed by atoms with Crippen LogP contribution in [0.2, 0.25) is 0 Å². The minimum absolute atomic E-state index is 0.0556. The van der Waals surface area contributed by atoms with Crippen molar-refractivity contribution >= 4 is 11.8 Å². The molecule has 0 spiro atoms. The molecule has 1 unspecified atom stereocenters. The second kappa shape index (κ2) is 8.43. The van der Waals surface area contributed by atoms with Gasteiger partial charge in [0.05, 0.1) is 5.92 Å². The van der Waals surface area contributed by atoms with Gasteiger partial charge in [0, 0.05) is 58.7 Å². The topological polar surface area (TPSA) is 62.7 Å². The van der Waals surface area contributed by atoms with E-state index in [-0.39, 0.29) is 17.7 Å². The van der Waals surface area contributed by atoms with Gasteiger partial charge in [0.25, 0.3) is 0 Å². The van der Waals surface area contributed by atoms with Crippen molar-refractivity contribution in [3.63, 3.8) is 0 Å². The third-order valence-corrected chi connectivity index (χ3v) is 5.25. The molecule has 2 aliphatic rings. The number of amides is 2. The molecule has 2 aliphatic heterocycles. The highest BCUT2D eigenvalue weighted by atomic mass is 16.5. The Morgan fingerprint density at radius 2 is 2.20 bits per heavy atom. The van der Waals surface area contributed by atoms with Gasteiger partial charge in [0.2, 0.25) is 11.8 Å². The average Bonchev–Trinajstić information content (AvgIpc) is 3.01. The van der Waals surface area contributed by atoms with Crippen molar-refractivity contribution in [1.29, 1.82) is 0 Å². The smallest absolute Gasteiger partial charge is 0.227 e. The van der Waals surface area contributed by atoms with E-state index in [1.807, 2.05) is 19.2 Å². The first-order valence-corrected chi connectivity index (χ1v) is 9.13. The maximum absolute atomic E-state index is 12.7. The minimum Gasteiger partial charge on any atom is -0.381 e. The predicted molar refractivity (Wildman–Crippen MR) is 93.6 cm³/mol. The van der Waals surface area contributed by atoms with E-state index in [9.17, 15) is 9.59 Å². The Kier molecular flexibility index (Phi) is 6.02. The van der Waals surface area contributed by atoms with Crippen molar-refractivity contribution in [1.82, 2.24) is 14.8 Å². The van der Waals surface area contributed by atoms with Gasteiger partial charge in [-0.2, -0.15) is 0 Å². The Balaban J connectivity index is 1.47. The van der Waals surface area contributed by atoms with Gasteiger partial charge in [0.15, 0.2) is 0 Å². The van der Waals surface area contributed by atoms with E-state index in [4.69, 9.17) is 4.74 Å². The van der Waals surface area contributed by atoms with Gasteiger partial charge < -0.3 is 14.5 Å². The van der Waals surface area contributed by atoms with Crippen LogP contribution in [-0.2, 0) is 20.9 Å². The van der Waals surface area contributed by atoms with E-state index in [1.165, 1.54) is 0 Å². The van der Waals surface area contributed by atoms with Gasteiger partial charge in [-0.1, -0.05) is 6.07 Å². The molecule has 2 amide bonds. The second-order valence-corrected chi connectivity index (χ2v) is 7.14. The first-order valence-electron chi connectivity index (χ1n) is 9.13. The zero-order chi connectivity index (χ0) is 17.6. The predicted octanol–water partition coefficient (Wildman–Crippen LogP) is 1.71. The van der Waals surface area contributed by atoms with Gasteiger partial charge in [0.1, 0.15) is 0 Å². The molecule has 0 aliphatic carbocycles. The number of carbonyl (C=O) groups is 2. The highest BCUT2D eigenvalue weighted by Gasteiger charge is 2.35. The summed E-state index contributed by atoms with van der Waals surface area (Å²) in [6.07, 6.45) is 7.00. The van der Waals surface area contributed by atoms with Gasteiger partial charge in [-0.3, -0.25) is 14.6 Å². The lowest BCUT2D eigenvalue weighted by molar-refractivity contribution is -0.134. The second-order valence-electron chi connectivity index (χ2n) is 7.14. The number of rotatable bonds is 6. The molecule has 6 nitrogen and oxygen atoms in total.